The van der Waals surface area contributed by atoms with Crippen LogP contribution in [0.4, 0.5) is 10.5 Å². The van der Waals surface area contributed by atoms with Crippen molar-refractivity contribution < 1.29 is 14.3 Å². The molecular weight excluding hydrogens is 430 g/mol. The molecule has 0 saturated carbocycles. The second-order valence-corrected chi connectivity index (χ2v) is 8.91. The summed E-state index contributed by atoms with van der Waals surface area (Å²) in [6.45, 7) is 6.37. The molecule has 0 aromatic heterocycles. The number of hydrogen-bond acceptors (Lipinski definition) is 5. The van der Waals surface area contributed by atoms with Crippen LogP contribution < -0.4 is 25.6 Å². The topological polar surface area (TPSA) is 85.9 Å². The van der Waals surface area contributed by atoms with Crippen LogP contribution in [0.15, 0.2) is 54.4 Å². The minimum absolute atomic E-state index is 0.0922. The largest absolute Gasteiger partial charge is 0.495 e. The maximum atomic E-state index is 13.0. The number of carbonyl (C=O) groups is 2. The Morgan fingerprint density at radius 1 is 1.15 bits per heavy atom. The fraction of sp³-hybridized carbons (Fsp3) is 0.385. The van der Waals surface area contributed by atoms with Crippen molar-refractivity contribution >= 4 is 17.6 Å². The van der Waals surface area contributed by atoms with Crippen molar-refractivity contribution in [2.75, 3.05) is 31.8 Å². The molecule has 8 nitrogen and oxygen atoms in total. The number of amides is 3. The molecule has 2 aliphatic heterocycles. The molecule has 1 unspecified atom stereocenters. The van der Waals surface area contributed by atoms with Gasteiger partial charge in [-0.05, 0) is 50.5 Å². The molecule has 0 radical (unpaired) electrons. The number of ether oxygens (including phenoxy) is 1. The van der Waals surface area contributed by atoms with Gasteiger partial charge in [0.2, 0.25) is 0 Å². The number of benzene rings is 2. The van der Waals surface area contributed by atoms with Crippen molar-refractivity contribution in [1.82, 2.24) is 20.9 Å². The number of aryl methyl sites for hydroxylation is 1. The Morgan fingerprint density at radius 2 is 1.94 bits per heavy atom. The summed E-state index contributed by atoms with van der Waals surface area (Å²) < 4.78 is 5.55. The van der Waals surface area contributed by atoms with Gasteiger partial charge in [0.05, 0.1) is 19.5 Å². The molecule has 2 aromatic carbocycles. The molecular formula is C26H33N5O3. The van der Waals surface area contributed by atoms with Crippen LogP contribution in [0.5, 0.6) is 5.75 Å². The van der Waals surface area contributed by atoms with Crippen molar-refractivity contribution in [3.8, 4) is 5.75 Å². The van der Waals surface area contributed by atoms with E-state index in [1.807, 2.05) is 61.3 Å². The minimum atomic E-state index is -0.164. The zero-order valence-corrected chi connectivity index (χ0v) is 20.1. The van der Waals surface area contributed by atoms with Crippen LogP contribution in [-0.4, -0.2) is 49.7 Å². The van der Waals surface area contributed by atoms with Gasteiger partial charge in [0, 0.05) is 43.1 Å². The quantitative estimate of drug-likeness (QED) is 0.612. The molecule has 2 heterocycles. The highest BCUT2D eigenvalue weighted by atomic mass is 16.5. The number of carbonyl (C=O) groups excluding carboxylic acids is 2. The summed E-state index contributed by atoms with van der Waals surface area (Å²) in [6, 6.07) is 13.4. The predicted octanol–water partition coefficient (Wildman–Crippen LogP) is 3.34. The van der Waals surface area contributed by atoms with E-state index in [2.05, 4.69) is 16.0 Å². The van der Waals surface area contributed by atoms with Gasteiger partial charge in [0.25, 0.3) is 5.91 Å². The van der Waals surface area contributed by atoms with E-state index in [4.69, 9.17) is 4.74 Å². The summed E-state index contributed by atoms with van der Waals surface area (Å²) >= 11 is 0. The lowest BCUT2D eigenvalue weighted by atomic mass is 10.0. The van der Waals surface area contributed by atoms with E-state index >= 15 is 0 Å². The smallest absolute Gasteiger partial charge is 0.317 e. The Kier molecular flexibility index (Phi) is 7.25. The van der Waals surface area contributed by atoms with Gasteiger partial charge >= 0.3 is 6.03 Å². The Morgan fingerprint density at radius 3 is 2.65 bits per heavy atom. The summed E-state index contributed by atoms with van der Waals surface area (Å²) in [5.41, 5.74) is 4.77. The molecule has 3 N–H and O–H groups in total. The van der Waals surface area contributed by atoms with E-state index in [1.54, 1.807) is 18.1 Å². The van der Waals surface area contributed by atoms with Crippen LogP contribution >= 0.6 is 0 Å². The molecule has 3 amide bonds. The molecule has 4 rings (SSSR count). The van der Waals surface area contributed by atoms with E-state index in [1.165, 1.54) is 5.56 Å². The van der Waals surface area contributed by atoms with Crippen molar-refractivity contribution in [2.45, 2.75) is 39.3 Å². The summed E-state index contributed by atoms with van der Waals surface area (Å²) in [7, 11) is 1.61. The van der Waals surface area contributed by atoms with E-state index in [-0.39, 0.29) is 18.0 Å². The third-order valence-corrected chi connectivity index (χ3v) is 6.24. The Hall–Kier alpha value is -3.68. The highest BCUT2D eigenvalue weighted by Crippen LogP contribution is 2.31. The number of anilines is 1. The lowest BCUT2D eigenvalue weighted by Crippen LogP contribution is -2.52. The number of piperidine rings is 1. The van der Waals surface area contributed by atoms with Crippen LogP contribution in [0, 0.1) is 6.92 Å². The zero-order chi connectivity index (χ0) is 24.1. The first kappa shape index (κ1) is 23.5. The summed E-state index contributed by atoms with van der Waals surface area (Å²) in [4.78, 5) is 29.5. The third-order valence-electron chi connectivity index (χ3n) is 6.24. The van der Waals surface area contributed by atoms with E-state index in [9.17, 15) is 9.59 Å². The van der Waals surface area contributed by atoms with Crippen molar-refractivity contribution in [1.29, 1.82) is 0 Å². The first-order valence-corrected chi connectivity index (χ1v) is 11.7. The zero-order valence-electron chi connectivity index (χ0n) is 20.1. The van der Waals surface area contributed by atoms with Gasteiger partial charge < -0.3 is 30.5 Å². The number of rotatable bonds is 6. The van der Waals surface area contributed by atoms with Crippen molar-refractivity contribution in [3.05, 3.63) is 71.1 Å². The molecule has 2 aliphatic rings. The molecule has 1 fully saturated rings. The molecule has 0 bridgehead atoms. The number of urea groups is 1. The fourth-order valence-electron chi connectivity index (χ4n) is 4.29. The third kappa shape index (κ3) is 5.62. The SMILES string of the molecule is COc1cc(C(=O)NC2CCCN(C(=O)NCc3ccc(C)cc3)C2)ccc1N1C=C(C)NC1. The van der Waals surface area contributed by atoms with Crippen LogP contribution in [-0.2, 0) is 6.54 Å². The molecule has 34 heavy (non-hydrogen) atoms. The highest BCUT2D eigenvalue weighted by Gasteiger charge is 2.25. The highest BCUT2D eigenvalue weighted by molar-refractivity contribution is 5.95. The number of likely N-dealkylation sites (tertiary alicyclic amines) is 1. The summed E-state index contributed by atoms with van der Waals surface area (Å²) in [5, 5.41) is 9.34. The van der Waals surface area contributed by atoms with Crippen molar-refractivity contribution in [3.63, 3.8) is 0 Å². The van der Waals surface area contributed by atoms with Gasteiger partial charge in [-0.2, -0.15) is 0 Å². The Balaban J connectivity index is 1.33. The Labute approximate surface area is 201 Å². The second kappa shape index (κ2) is 10.5. The van der Waals surface area contributed by atoms with Crippen LogP contribution in [0.2, 0.25) is 0 Å². The van der Waals surface area contributed by atoms with E-state index < -0.39 is 0 Å². The molecule has 180 valence electrons. The average Bonchev–Trinajstić information content (AvgIpc) is 3.29. The number of nitrogens with zero attached hydrogens (tertiary/aromatic N) is 2. The Bertz CT molecular complexity index is 1070. The number of hydrogen-bond donors (Lipinski definition) is 3. The van der Waals surface area contributed by atoms with Crippen LogP contribution in [0.1, 0.15) is 41.3 Å². The lowest BCUT2D eigenvalue weighted by Gasteiger charge is -2.33. The fourth-order valence-corrected chi connectivity index (χ4v) is 4.29. The van der Waals surface area contributed by atoms with Gasteiger partial charge in [-0.15, -0.1) is 0 Å². The van der Waals surface area contributed by atoms with Gasteiger partial charge in [-0.3, -0.25) is 4.79 Å². The minimum Gasteiger partial charge on any atom is -0.495 e. The molecule has 1 saturated heterocycles. The summed E-state index contributed by atoms with van der Waals surface area (Å²) in [5.74, 6) is 0.476. The molecule has 2 aromatic rings. The van der Waals surface area contributed by atoms with Gasteiger partial charge in [0.15, 0.2) is 0 Å². The predicted molar refractivity (Wildman–Crippen MR) is 133 cm³/mol. The first-order chi connectivity index (χ1) is 16.4. The number of allylic oxidation sites excluding steroid dienone is 1. The lowest BCUT2D eigenvalue weighted by molar-refractivity contribution is 0.0910. The summed E-state index contributed by atoms with van der Waals surface area (Å²) in [6.07, 6.45) is 3.70. The van der Waals surface area contributed by atoms with Gasteiger partial charge in [-0.1, -0.05) is 29.8 Å². The monoisotopic (exact) mass is 463 g/mol. The van der Waals surface area contributed by atoms with Crippen LogP contribution in [0.3, 0.4) is 0 Å². The molecule has 0 spiro atoms. The normalized spacial score (nSPS) is 17.6. The first-order valence-electron chi connectivity index (χ1n) is 11.7. The average molecular weight is 464 g/mol. The standard InChI is InChI=1S/C26H33N5O3/c1-18-6-8-20(9-7-18)14-27-26(33)30-12-4-5-22(16-30)29-25(32)21-10-11-23(24(13-21)34-3)31-15-19(2)28-17-31/h6-11,13,15,22,28H,4-5,12,14,16-17H2,1-3H3,(H,27,33)(H,29,32). The molecule has 0 aliphatic carbocycles. The second-order valence-electron chi connectivity index (χ2n) is 8.91. The van der Waals surface area contributed by atoms with Gasteiger partial charge in [-0.25, -0.2) is 4.79 Å². The van der Waals surface area contributed by atoms with Crippen LogP contribution in [0.25, 0.3) is 0 Å². The van der Waals surface area contributed by atoms with E-state index in [0.717, 1.165) is 29.8 Å². The number of nitrogens with one attached hydrogen (secondary N) is 3. The maximum Gasteiger partial charge on any atom is 0.317 e. The molecule has 1 atom stereocenters. The molecule has 8 heteroatoms. The van der Waals surface area contributed by atoms with Crippen molar-refractivity contribution in [2.24, 2.45) is 0 Å². The van der Waals surface area contributed by atoms with Gasteiger partial charge in [0.1, 0.15) is 5.75 Å². The number of methoxy groups -OCH3 is 1. The van der Waals surface area contributed by atoms with E-state index in [0.29, 0.717) is 37.6 Å². The maximum absolute atomic E-state index is 13.0.